The minimum atomic E-state index is 0.141. The smallest absolute Gasteiger partial charge is 0.250 e. The van der Waals surface area contributed by atoms with Gasteiger partial charge >= 0.3 is 0 Å². The highest BCUT2D eigenvalue weighted by molar-refractivity contribution is 5.69. The van der Waals surface area contributed by atoms with E-state index in [0.717, 1.165) is 31.9 Å². The van der Waals surface area contributed by atoms with Crippen LogP contribution < -0.4 is 20.1 Å². The fourth-order valence-corrected chi connectivity index (χ4v) is 5.60. The quantitative estimate of drug-likeness (QED) is 0.677. The number of nitrogens with one attached hydrogen (secondary N) is 1. The van der Waals surface area contributed by atoms with Gasteiger partial charge in [-0.3, -0.25) is 4.79 Å². The summed E-state index contributed by atoms with van der Waals surface area (Å²) in [5.74, 6) is 1.87. The summed E-state index contributed by atoms with van der Waals surface area (Å²) in [6.45, 7) is 4.03. The second-order valence-corrected chi connectivity index (χ2v) is 9.50. The number of nitrogens with zero attached hydrogens (tertiary/aromatic N) is 2. The molecule has 1 unspecified atom stereocenters. The highest BCUT2D eigenvalue weighted by atomic mass is 16.5. The minimum absolute atomic E-state index is 0.141. The van der Waals surface area contributed by atoms with E-state index >= 15 is 0 Å². The van der Waals surface area contributed by atoms with Gasteiger partial charge in [0.1, 0.15) is 12.3 Å². The number of methoxy groups -OCH3 is 1. The number of benzene rings is 2. The molecule has 3 heterocycles. The van der Waals surface area contributed by atoms with Crippen molar-refractivity contribution in [1.82, 2.24) is 4.57 Å². The number of hydrogen-bond donors (Lipinski definition) is 1. The number of quaternary nitrogens is 1. The van der Waals surface area contributed by atoms with Crippen LogP contribution in [0.1, 0.15) is 23.6 Å². The van der Waals surface area contributed by atoms with E-state index in [-0.39, 0.29) is 5.56 Å². The van der Waals surface area contributed by atoms with Gasteiger partial charge in [-0.15, -0.1) is 0 Å². The topological polar surface area (TPSA) is 38.9 Å². The van der Waals surface area contributed by atoms with Crippen molar-refractivity contribution in [2.45, 2.75) is 25.4 Å². The van der Waals surface area contributed by atoms with Gasteiger partial charge < -0.3 is 19.1 Å². The Morgan fingerprint density at radius 2 is 1.75 bits per heavy atom. The molecule has 1 N–H and O–H groups in total. The van der Waals surface area contributed by atoms with Gasteiger partial charge in [0.2, 0.25) is 0 Å². The van der Waals surface area contributed by atoms with Crippen LogP contribution >= 0.6 is 0 Å². The number of piperidine rings is 1. The number of fused-ring (bicyclic) bond motifs is 4. The molecule has 2 aliphatic heterocycles. The molecule has 2 aliphatic rings. The van der Waals surface area contributed by atoms with Gasteiger partial charge in [-0.05, 0) is 54.4 Å². The van der Waals surface area contributed by atoms with E-state index in [4.69, 9.17) is 4.74 Å². The molecule has 32 heavy (non-hydrogen) atoms. The SMILES string of the molecule is COc1ccc(C[NH+]2C[C@@H]3C[C@H](C2)c2c(-c4ccc(N(C)C)cc4)ccc(=O)n2C3)cc1. The number of rotatable bonds is 5. The van der Waals surface area contributed by atoms with E-state index in [1.807, 2.05) is 18.2 Å². The molecule has 166 valence electrons. The van der Waals surface area contributed by atoms with Gasteiger partial charge in [0, 0.05) is 61.1 Å². The highest BCUT2D eigenvalue weighted by Crippen LogP contribution is 2.37. The van der Waals surface area contributed by atoms with E-state index in [0.29, 0.717) is 11.8 Å². The number of aromatic nitrogens is 1. The fraction of sp³-hybridized carbons (Fsp3) is 0.370. The molecule has 2 aromatic carbocycles. The van der Waals surface area contributed by atoms with Crippen molar-refractivity contribution in [2.24, 2.45) is 5.92 Å². The molecule has 1 aromatic heterocycles. The lowest BCUT2D eigenvalue weighted by atomic mass is 9.80. The summed E-state index contributed by atoms with van der Waals surface area (Å²) in [4.78, 5) is 16.5. The fourth-order valence-electron chi connectivity index (χ4n) is 5.60. The lowest BCUT2D eigenvalue weighted by molar-refractivity contribution is -0.924. The minimum Gasteiger partial charge on any atom is -0.497 e. The van der Waals surface area contributed by atoms with Crippen molar-refractivity contribution in [3.63, 3.8) is 0 Å². The van der Waals surface area contributed by atoms with Crippen LogP contribution in [0.4, 0.5) is 5.69 Å². The van der Waals surface area contributed by atoms with Crippen LogP contribution in [0.15, 0.2) is 65.5 Å². The van der Waals surface area contributed by atoms with E-state index in [2.05, 4.69) is 60.0 Å². The first-order valence-corrected chi connectivity index (χ1v) is 11.5. The summed E-state index contributed by atoms with van der Waals surface area (Å²) < 4.78 is 7.37. The Morgan fingerprint density at radius 1 is 1.00 bits per heavy atom. The molecule has 0 saturated carbocycles. The Hall–Kier alpha value is -3.05. The number of hydrogen-bond acceptors (Lipinski definition) is 3. The molecule has 3 atom stereocenters. The van der Waals surface area contributed by atoms with Crippen LogP contribution in [0.2, 0.25) is 0 Å². The van der Waals surface area contributed by atoms with Gasteiger partial charge in [-0.25, -0.2) is 0 Å². The zero-order chi connectivity index (χ0) is 22.2. The molecule has 1 fully saturated rings. The Balaban J connectivity index is 1.45. The monoisotopic (exact) mass is 430 g/mol. The van der Waals surface area contributed by atoms with Gasteiger partial charge in [-0.1, -0.05) is 12.1 Å². The normalized spacial score (nSPS) is 21.7. The maximum absolute atomic E-state index is 12.8. The van der Waals surface area contributed by atoms with Crippen molar-refractivity contribution in [2.75, 3.05) is 39.2 Å². The first-order valence-electron chi connectivity index (χ1n) is 11.5. The van der Waals surface area contributed by atoms with E-state index in [9.17, 15) is 4.79 Å². The summed E-state index contributed by atoms with van der Waals surface area (Å²) in [6, 6.07) is 20.9. The molecule has 0 amide bonds. The first-order chi connectivity index (χ1) is 15.5. The summed E-state index contributed by atoms with van der Waals surface area (Å²) in [7, 11) is 5.82. The van der Waals surface area contributed by atoms with Gasteiger partial charge in [0.05, 0.1) is 20.2 Å². The predicted molar refractivity (Wildman–Crippen MR) is 129 cm³/mol. The van der Waals surface area contributed by atoms with Gasteiger partial charge in [0.25, 0.3) is 5.56 Å². The Kier molecular flexibility index (Phi) is 5.51. The molecule has 0 spiro atoms. The third-order valence-corrected chi connectivity index (χ3v) is 7.09. The number of ether oxygens (including phenoxy) is 1. The van der Waals surface area contributed by atoms with Crippen molar-refractivity contribution in [3.05, 3.63) is 82.3 Å². The van der Waals surface area contributed by atoms with Crippen molar-refractivity contribution in [3.8, 4) is 16.9 Å². The zero-order valence-electron chi connectivity index (χ0n) is 19.2. The molecular weight excluding hydrogens is 398 g/mol. The van der Waals surface area contributed by atoms with Crippen LogP contribution in [0.25, 0.3) is 11.1 Å². The largest absolute Gasteiger partial charge is 0.497 e. The number of likely N-dealkylation sites (tertiary alicyclic amines) is 1. The Bertz CT molecular complexity index is 1150. The van der Waals surface area contributed by atoms with Crippen LogP contribution in [0, 0.1) is 5.92 Å². The lowest BCUT2D eigenvalue weighted by Crippen LogP contribution is -3.13. The van der Waals surface area contributed by atoms with Crippen LogP contribution in [-0.2, 0) is 13.1 Å². The third kappa shape index (κ3) is 3.93. The Labute approximate surface area is 189 Å². The first kappa shape index (κ1) is 20.8. The van der Waals surface area contributed by atoms with Crippen molar-refractivity contribution < 1.29 is 9.64 Å². The average Bonchev–Trinajstić information content (AvgIpc) is 2.80. The number of pyridine rings is 1. The molecule has 3 aromatic rings. The van der Waals surface area contributed by atoms with E-state index in [1.165, 1.54) is 34.5 Å². The average molecular weight is 431 g/mol. The summed E-state index contributed by atoms with van der Waals surface area (Å²) >= 11 is 0. The molecule has 0 aliphatic carbocycles. The Morgan fingerprint density at radius 3 is 2.44 bits per heavy atom. The van der Waals surface area contributed by atoms with Crippen LogP contribution in [0.3, 0.4) is 0 Å². The molecule has 0 radical (unpaired) electrons. The van der Waals surface area contributed by atoms with Crippen molar-refractivity contribution in [1.29, 1.82) is 0 Å². The molecular formula is C27H32N3O2+. The molecule has 2 bridgehead atoms. The number of anilines is 1. The predicted octanol–water partition coefficient (Wildman–Crippen LogP) is 2.79. The summed E-state index contributed by atoms with van der Waals surface area (Å²) in [5, 5.41) is 0. The van der Waals surface area contributed by atoms with E-state index < -0.39 is 0 Å². The standard InChI is InChI=1S/C27H31N3O2/c1-28(2)23-8-6-21(7-9-23)25-12-13-26(31)30-17-20-14-22(27(25)30)18-29(16-20)15-19-4-10-24(32-3)11-5-19/h4-13,20,22H,14-18H2,1-3H3/p+1/t20-,22+/m0/s1. The van der Waals surface area contributed by atoms with Gasteiger partial charge in [-0.2, -0.15) is 0 Å². The zero-order valence-corrected chi connectivity index (χ0v) is 19.2. The van der Waals surface area contributed by atoms with Gasteiger partial charge in [0.15, 0.2) is 0 Å². The molecule has 5 heteroatoms. The van der Waals surface area contributed by atoms with Crippen molar-refractivity contribution >= 4 is 5.69 Å². The molecule has 5 nitrogen and oxygen atoms in total. The second-order valence-electron chi connectivity index (χ2n) is 9.50. The van der Waals surface area contributed by atoms with E-state index in [1.54, 1.807) is 18.1 Å². The van der Waals surface area contributed by atoms with Crippen LogP contribution in [0.5, 0.6) is 5.75 Å². The maximum atomic E-state index is 12.8. The molecule has 1 saturated heterocycles. The lowest BCUT2D eigenvalue weighted by Gasteiger charge is -2.41. The third-order valence-electron chi connectivity index (χ3n) is 7.09. The summed E-state index contributed by atoms with van der Waals surface area (Å²) in [6.07, 6.45) is 1.18. The van der Waals surface area contributed by atoms with Crippen LogP contribution in [-0.4, -0.2) is 38.9 Å². The molecule has 5 rings (SSSR count). The maximum Gasteiger partial charge on any atom is 0.250 e. The summed E-state index contributed by atoms with van der Waals surface area (Å²) in [5.41, 5.74) is 6.30. The highest BCUT2D eigenvalue weighted by Gasteiger charge is 2.38. The second kappa shape index (κ2) is 8.47.